The molecule has 3 aromatic rings. The normalized spacial score (nSPS) is 31.8. The van der Waals surface area contributed by atoms with E-state index in [0.717, 1.165) is 83.0 Å². The van der Waals surface area contributed by atoms with Gasteiger partial charge in [0.15, 0.2) is 0 Å². The van der Waals surface area contributed by atoms with Gasteiger partial charge in [0.05, 0.1) is 26.9 Å². The molecule has 0 bridgehead atoms. The molecule has 0 aromatic heterocycles. The molecule has 1 aliphatic heterocycles. The van der Waals surface area contributed by atoms with Gasteiger partial charge in [-0.1, -0.05) is 120 Å². The molecule has 4 aliphatic carbocycles. The molecule has 0 spiro atoms. The van der Waals surface area contributed by atoms with Gasteiger partial charge in [0.25, 0.3) is 0 Å². The van der Waals surface area contributed by atoms with Crippen LogP contribution in [0.1, 0.15) is 135 Å². The zero-order valence-electron chi connectivity index (χ0n) is 38.1. The monoisotopic (exact) mass is 832 g/mol. The molecular formula is C54H73NO6. The fourth-order valence-electron chi connectivity index (χ4n) is 13.5. The number of benzene rings is 3. The van der Waals surface area contributed by atoms with Crippen molar-refractivity contribution >= 4 is 5.97 Å². The quantitative estimate of drug-likeness (QED) is 0.0928. The number of carbonyl (C=O) groups is 1. The largest absolute Gasteiger partial charge is 0.497 e. The van der Waals surface area contributed by atoms with Crippen LogP contribution >= 0.6 is 0 Å². The third-order valence-corrected chi connectivity index (χ3v) is 16.9. The number of carbonyl (C=O) groups excluding carboxylic acids is 1. The van der Waals surface area contributed by atoms with Gasteiger partial charge < -0.3 is 24.2 Å². The molecule has 7 heteroatoms. The molecule has 3 saturated carbocycles. The predicted molar refractivity (Wildman–Crippen MR) is 242 cm³/mol. The van der Waals surface area contributed by atoms with Gasteiger partial charge in [0, 0.05) is 6.42 Å². The summed E-state index contributed by atoms with van der Waals surface area (Å²) < 4.78 is 24.5. The zero-order valence-corrected chi connectivity index (χ0v) is 38.1. The summed E-state index contributed by atoms with van der Waals surface area (Å²) in [4.78, 5) is 14.0. The summed E-state index contributed by atoms with van der Waals surface area (Å²) in [5.41, 5.74) is 3.97. The van der Waals surface area contributed by atoms with Crippen molar-refractivity contribution in [2.24, 2.45) is 46.3 Å². The molecule has 10 atom stereocenters. The van der Waals surface area contributed by atoms with Crippen LogP contribution in [0.2, 0.25) is 0 Å². The first-order valence-corrected chi connectivity index (χ1v) is 23.8. The van der Waals surface area contributed by atoms with Crippen LogP contribution in [0.3, 0.4) is 0 Å². The van der Waals surface area contributed by atoms with E-state index in [1.54, 1.807) is 14.2 Å². The molecule has 0 radical (unpaired) electrons. The van der Waals surface area contributed by atoms with Crippen molar-refractivity contribution in [2.75, 3.05) is 20.8 Å². The van der Waals surface area contributed by atoms with E-state index in [1.807, 2.05) is 66.7 Å². The van der Waals surface area contributed by atoms with Gasteiger partial charge in [-0.05, 0) is 145 Å². The lowest BCUT2D eigenvalue weighted by Gasteiger charge is -2.58. The maximum Gasteiger partial charge on any atom is 0.326 e. The Bertz CT molecular complexity index is 1910. The Kier molecular flexibility index (Phi) is 13.1. The molecule has 1 heterocycles. The molecule has 4 fully saturated rings. The summed E-state index contributed by atoms with van der Waals surface area (Å²) in [6.07, 6.45) is 17.1. The van der Waals surface area contributed by atoms with Gasteiger partial charge in [0.2, 0.25) is 0 Å². The Balaban J connectivity index is 0.925. The minimum Gasteiger partial charge on any atom is -0.497 e. The second-order valence-electron chi connectivity index (χ2n) is 20.5. The van der Waals surface area contributed by atoms with Gasteiger partial charge in [-0.15, -0.1) is 0 Å². The van der Waals surface area contributed by atoms with Gasteiger partial charge in [-0.25, -0.2) is 0 Å². The molecule has 0 amide bonds. The van der Waals surface area contributed by atoms with E-state index in [9.17, 15) is 10.0 Å². The van der Waals surface area contributed by atoms with Crippen molar-refractivity contribution in [3.8, 4) is 11.5 Å². The molecule has 2 unspecified atom stereocenters. The summed E-state index contributed by atoms with van der Waals surface area (Å²) in [6, 6.07) is 25.0. The van der Waals surface area contributed by atoms with Gasteiger partial charge >= 0.3 is 5.97 Å². The molecular weight excluding hydrogens is 759 g/mol. The lowest BCUT2D eigenvalue weighted by atomic mass is 9.47. The highest BCUT2D eigenvalue weighted by Crippen LogP contribution is 2.67. The van der Waals surface area contributed by atoms with Crippen molar-refractivity contribution in [3.05, 3.63) is 107 Å². The van der Waals surface area contributed by atoms with Crippen LogP contribution in [0.15, 0.2) is 90.5 Å². The number of esters is 1. The predicted octanol–water partition coefficient (Wildman–Crippen LogP) is 12.2. The van der Waals surface area contributed by atoms with E-state index in [1.165, 1.54) is 62.0 Å². The van der Waals surface area contributed by atoms with E-state index < -0.39 is 11.6 Å². The Hall–Kier alpha value is -3.65. The highest BCUT2D eigenvalue weighted by atomic mass is 16.6. The van der Waals surface area contributed by atoms with Gasteiger partial charge in [-0.2, -0.15) is 5.06 Å². The Morgan fingerprint density at radius 3 is 2.08 bits per heavy atom. The van der Waals surface area contributed by atoms with Crippen LogP contribution in [0.5, 0.6) is 11.5 Å². The Labute approximate surface area is 366 Å². The van der Waals surface area contributed by atoms with E-state index in [-0.39, 0.29) is 30.1 Å². The number of fused-ring (bicyclic) bond motifs is 5. The van der Waals surface area contributed by atoms with Crippen molar-refractivity contribution in [2.45, 2.75) is 142 Å². The maximum absolute atomic E-state index is 14.0. The average Bonchev–Trinajstić information content (AvgIpc) is 3.83. The first-order chi connectivity index (χ1) is 29.4. The van der Waals surface area contributed by atoms with Crippen LogP contribution in [0, 0.1) is 46.3 Å². The molecule has 330 valence electrons. The number of allylic oxidation sites excluding steroid dienone is 1. The minimum atomic E-state index is -1.01. The van der Waals surface area contributed by atoms with Crippen molar-refractivity contribution < 1.29 is 28.9 Å². The minimum absolute atomic E-state index is 0.153. The molecule has 8 rings (SSSR count). The number of rotatable bonds is 15. The molecule has 5 aliphatic rings. The lowest BCUT2D eigenvalue weighted by molar-refractivity contribution is -0.187. The van der Waals surface area contributed by atoms with Crippen LogP contribution in [0.25, 0.3) is 0 Å². The topological polar surface area (TPSA) is 77.5 Å². The van der Waals surface area contributed by atoms with E-state index in [0.29, 0.717) is 18.3 Å². The van der Waals surface area contributed by atoms with E-state index in [2.05, 4.69) is 52.8 Å². The van der Waals surface area contributed by atoms with Crippen LogP contribution in [-0.2, 0) is 19.9 Å². The molecule has 1 saturated heterocycles. The molecule has 1 N–H and O–H groups in total. The maximum atomic E-state index is 14.0. The molecule has 61 heavy (non-hydrogen) atoms. The summed E-state index contributed by atoms with van der Waals surface area (Å²) in [5.74, 6) is 5.99. The zero-order chi connectivity index (χ0) is 42.9. The first-order valence-electron chi connectivity index (χ1n) is 23.8. The standard InChI is InChI=1S/C54H73NO6/c1-36(2)12-11-13-37(3)47-27-28-48-46-26-20-41-34-45(30-32-52(41,4)49(46)31-33-53(47,48)5)61-51(56)50-29-21-42(55(50)57)35-60-54(38-14-9-8-10-15-38,39-16-22-43(58-6)23-17-39)40-18-24-44(59-7)25-19-40/h8-10,14-20,22-25,36-37,42,45-50,57H,11-13,21,26-35H2,1-7H3/t37-,42?,45+,46+,47-,48+,49+,50?,52+,53-/m1/s1. The smallest absolute Gasteiger partial charge is 0.326 e. The SMILES string of the molecule is COc1ccc(C(OCC2CCC(C(=O)O[C@H]3CC[C@@]4(C)C(=CC[C@H]5[C@@H]6CC[C@H]([C@H](C)CCCC(C)C)[C@@]6(C)CC[C@@H]54)C3)N2O)(c2ccccc2)c2ccc(OC)cc2)cc1. The second-order valence-corrected chi connectivity index (χ2v) is 20.5. The average molecular weight is 832 g/mol. The number of ether oxygens (including phenoxy) is 4. The van der Waals surface area contributed by atoms with Crippen LogP contribution in [-0.4, -0.2) is 55.3 Å². The number of hydroxylamine groups is 2. The molecule has 3 aromatic carbocycles. The second kappa shape index (κ2) is 18.2. The number of methoxy groups -OCH3 is 2. The number of hydrogen-bond acceptors (Lipinski definition) is 7. The summed E-state index contributed by atoms with van der Waals surface area (Å²) in [6.45, 7) is 12.7. The van der Waals surface area contributed by atoms with Crippen LogP contribution in [0.4, 0.5) is 0 Å². The van der Waals surface area contributed by atoms with Gasteiger partial charge in [-0.3, -0.25) is 4.79 Å². The number of nitrogens with zero attached hydrogens (tertiary/aromatic N) is 1. The number of hydrogen-bond donors (Lipinski definition) is 1. The fourth-order valence-corrected chi connectivity index (χ4v) is 13.5. The highest BCUT2D eigenvalue weighted by Gasteiger charge is 2.59. The Morgan fingerprint density at radius 2 is 1.44 bits per heavy atom. The van der Waals surface area contributed by atoms with Gasteiger partial charge in [0.1, 0.15) is 29.2 Å². The highest BCUT2D eigenvalue weighted by molar-refractivity contribution is 5.76. The fraction of sp³-hybridized carbons (Fsp3) is 0.611. The summed E-state index contributed by atoms with van der Waals surface area (Å²) in [5, 5.41) is 12.9. The Morgan fingerprint density at radius 1 is 0.787 bits per heavy atom. The lowest BCUT2D eigenvalue weighted by Crippen LogP contribution is -2.51. The van der Waals surface area contributed by atoms with E-state index in [4.69, 9.17) is 18.9 Å². The van der Waals surface area contributed by atoms with Crippen LogP contribution < -0.4 is 9.47 Å². The summed E-state index contributed by atoms with van der Waals surface area (Å²) >= 11 is 0. The third kappa shape index (κ3) is 8.33. The summed E-state index contributed by atoms with van der Waals surface area (Å²) in [7, 11) is 3.32. The van der Waals surface area contributed by atoms with Crippen molar-refractivity contribution in [1.82, 2.24) is 5.06 Å². The first kappa shape index (κ1) is 44.0. The van der Waals surface area contributed by atoms with Crippen molar-refractivity contribution in [3.63, 3.8) is 0 Å². The third-order valence-electron chi connectivity index (χ3n) is 16.9. The molecule has 7 nitrogen and oxygen atoms in total. The van der Waals surface area contributed by atoms with Crippen molar-refractivity contribution in [1.29, 1.82) is 0 Å². The van der Waals surface area contributed by atoms with E-state index >= 15 is 0 Å².